The minimum absolute atomic E-state index is 0.384. The van der Waals surface area contributed by atoms with E-state index >= 15 is 0 Å². The van der Waals surface area contributed by atoms with Crippen molar-refractivity contribution < 1.29 is 14.7 Å². The number of aryl methyl sites for hydroxylation is 1. The van der Waals surface area contributed by atoms with Crippen molar-refractivity contribution in [3.8, 4) is 5.75 Å². The van der Waals surface area contributed by atoms with Crippen LogP contribution in [0.5, 0.6) is 5.75 Å². The second kappa shape index (κ2) is 9.95. The van der Waals surface area contributed by atoms with Gasteiger partial charge in [-0.3, -0.25) is 10.0 Å². The van der Waals surface area contributed by atoms with Crippen LogP contribution in [-0.4, -0.2) is 11.1 Å². The molecule has 0 aliphatic carbocycles. The first-order chi connectivity index (χ1) is 12.9. The standard InChI is InChI=1S/C22H24ClNO3/c1-15(2)4-12-20-16(3)5-8-18(9-13-21(25)24-26)22(20)27-14-17-6-10-19(23)11-7-17/h4-11,13,26H,12,14H2,1-3H3,(H,24,25)/b13-9+. The van der Waals surface area contributed by atoms with Gasteiger partial charge in [-0.2, -0.15) is 0 Å². The third kappa shape index (κ3) is 6.27. The predicted molar refractivity (Wildman–Crippen MR) is 109 cm³/mol. The fourth-order valence-electron chi connectivity index (χ4n) is 2.54. The highest BCUT2D eigenvalue weighted by molar-refractivity contribution is 6.30. The van der Waals surface area contributed by atoms with E-state index in [1.54, 1.807) is 11.6 Å². The first-order valence-electron chi connectivity index (χ1n) is 8.66. The number of amides is 1. The Morgan fingerprint density at radius 2 is 1.89 bits per heavy atom. The molecule has 0 aromatic heterocycles. The minimum Gasteiger partial charge on any atom is -0.488 e. The summed E-state index contributed by atoms with van der Waals surface area (Å²) in [6, 6.07) is 11.4. The Balaban J connectivity index is 2.39. The van der Waals surface area contributed by atoms with Crippen LogP contribution in [0.15, 0.2) is 54.1 Å². The molecule has 2 N–H and O–H groups in total. The summed E-state index contributed by atoms with van der Waals surface area (Å²) < 4.78 is 6.16. The molecule has 0 bridgehead atoms. The summed E-state index contributed by atoms with van der Waals surface area (Å²) in [7, 11) is 0. The second-order valence-electron chi connectivity index (χ2n) is 6.49. The number of hydrogen-bond acceptors (Lipinski definition) is 3. The van der Waals surface area contributed by atoms with Crippen molar-refractivity contribution in [2.75, 3.05) is 0 Å². The van der Waals surface area contributed by atoms with Crippen LogP contribution in [-0.2, 0) is 17.8 Å². The maximum Gasteiger partial charge on any atom is 0.267 e. The lowest BCUT2D eigenvalue weighted by molar-refractivity contribution is -0.124. The van der Waals surface area contributed by atoms with E-state index in [0.717, 1.165) is 34.4 Å². The van der Waals surface area contributed by atoms with E-state index < -0.39 is 5.91 Å². The van der Waals surface area contributed by atoms with Gasteiger partial charge in [0.05, 0.1) is 0 Å². The summed E-state index contributed by atoms with van der Waals surface area (Å²) in [5.74, 6) is 0.134. The monoisotopic (exact) mass is 385 g/mol. The van der Waals surface area contributed by atoms with Crippen LogP contribution in [0.4, 0.5) is 0 Å². The van der Waals surface area contributed by atoms with E-state index in [1.807, 2.05) is 43.3 Å². The summed E-state index contributed by atoms with van der Waals surface area (Å²) in [4.78, 5) is 11.4. The molecule has 2 aromatic rings. The van der Waals surface area contributed by atoms with Crippen molar-refractivity contribution in [3.63, 3.8) is 0 Å². The molecule has 0 unspecified atom stereocenters. The smallest absolute Gasteiger partial charge is 0.267 e. The van der Waals surface area contributed by atoms with Gasteiger partial charge in [-0.15, -0.1) is 0 Å². The molecule has 0 saturated heterocycles. The summed E-state index contributed by atoms with van der Waals surface area (Å²) in [6.07, 6.45) is 5.78. The van der Waals surface area contributed by atoms with Gasteiger partial charge in [-0.05, 0) is 56.5 Å². The van der Waals surface area contributed by atoms with Crippen LogP contribution in [0.25, 0.3) is 6.08 Å². The Hall–Kier alpha value is -2.56. The third-order valence-electron chi connectivity index (χ3n) is 4.06. The molecule has 0 saturated carbocycles. The molecule has 0 aliphatic heterocycles. The lowest BCUT2D eigenvalue weighted by atomic mass is 9.99. The SMILES string of the molecule is CC(C)=CCc1c(C)ccc(/C=C/C(=O)NO)c1OCc1ccc(Cl)cc1. The van der Waals surface area contributed by atoms with Crippen LogP contribution >= 0.6 is 11.6 Å². The molecule has 0 atom stereocenters. The van der Waals surface area contributed by atoms with E-state index in [9.17, 15) is 4.79 Å². The molecule has 1 amide bonds. The second-order valence-corrected chi connectivity index (χ2v) is 6.93. The van der Waals surface area contributed by atoms with Crippen molar-refractivity contribution in [2.24, 2.45) is 0 Å². The van der Waals surface area contributed by atoms with Gasteiger partial charge < -0.3 is 4.74 Å². The van der Waals surface area contributed by atoms with Crippen molar-refractivity contribution in [1.82, 2.24) is 5.48 Å². The van der Waals surface area contributed by atoms with E-state index in [1.165, 1.54) is 11.6 Å². The Bertz CT molecular complexity index is 851. The van der Waals surface area contributed by atoms with E-state index in [-0.39, 0.29) is 0 Å². The maximum absolute atomic E-state index is 11.4. The van der Waals surface area contributed by atoms with Gasteiger partial charge in [-0.1, -0.05) is 47.5 Å². The van der Waals surface area contributed by atoms with Crippen molar-refractivity contribution in [1.29, 1.82) is 0 Å². The predicted octanol–water partition coefficient (Wildman–Crippen LogP) is 5.25. The van der Waals surface area contributed by atoms with Crippen LogP contribution in [0, 0.1) is 6.92 Å². The maximum atomic E-state index is 11.4. The number of ether oxygens (including phenoxy) is 1. The number of carbonyl (C=O) groups is 1. The Labute approximate surface area is 165 Å². The molecule has 0 aliphatic rings. The number of halogens is 1. The number of allylic oxidation sites excluding steroid dienone is 2. The van der Waals surface area contributed by atoms with E-state index in [2.05, 4.69) is 19.9 Å². The molecular weight excluding hydrogens is 362 g/mol. The van der Waals surface area contributed by atoms with Crippen LogP contribution in [0.2, 0.25) is 5.02 Å². The van der Waals surface area contributed by atoms with Crippen LogP contribution in [0.3, 0.4) is 0 Å². The van der Waals surface area contributed by atoms with Gasteiger partial charge in [0, 0.05) is 22.2 Å². The average Bonchev–Trinajstić information content (AvgIpc) is 2.65. The Morgan fingerprint density at radius 3 is 2.52 bits per heavy atom. The van der Waals surface area contributed by atoms with Gasteiger partial charge in [-0.25, -0.2) is 5.48 Å². The fraction of sp³-hybridized carbons (Fsp3) is 0.227. The van der Waals surface area contributed by atoms with E-state index in [4.69, 9.17) is 21.5 Å². The van der Waals surface area contributed by atoms with Gasteiger partial charge in [0.2, 0.25) is 0 Å². The lowest BCUT2D eigenvalue weighted by Gasteiger charge is -2.16. The number of hydroxylamine groups is 1. The first kappa shape index (κ1) is 20.7. The first-order valence-corrected chi connectivity index (χ1v) is 9.03. The number of rotatable bonds is 7. The molecule has 2 rings (SSSR count). The van der Waals surface area contributed by atoms with Gasteiger partial charge in [0.15, 0.2) is 0 Å². The summed E-state index contributed by atoms with van der Waals surface area (Å²) >= 11 is 5.94. The zero-order chi connectivity index (χ0) is 19.8. The summed E-state index contributed by atoms with van der Waals surface area (Å²) in [6.45, 7) is 6.53. The molecule has 0 heterocycles. The largest absolute Gasteiger partial charge is 0.488 e. The van der Waals surface area contributed by atoms with Crippen molar-refractivity contribution >= 4 is 23.6 Å². The molecule has 5 heteroatoms. The van der Waals surface area contributed by atoms with E-state index in [0.29, 0.717) is 11.6 Å². The molecule has 27 heavy (non-hydrogen) atoms. The summed E-state index contributed by atoms with van der Waals surface area (Å²) in [5, 5.41) is 9.38. The normalized spacial score (nSPS) is 10.7. The van der Waals surface area contributed by atoms with Crippen molar-refractivity contribution in [3.05, 3.63) is 81.4 Å². The quantitative estimate of drug-likeness (QED) is 0.296. The van der Waals surface area contributed by atoms with Gasteiger partial charge in [0.25, 0.3) is 5.91 Å². The Kier molecular flexibility index (Phi) is 7.65. The average molecular weight is 386 g/mol. The topological polar surface area (TPSA) is 58.6 Å². The number of carbonyl (C=O) groups excluding carboxylic acids is 1. The fourth-order valence-corrected chi connectivity index (χ4v) is 2.67. The highest BCUT2D eigenvalue weighted by Crippen LogP contribution is 2.30. The molecule has 0 fully saturated rings. The molecule has 142 valence electrons. The van der Waals surface area contributed by atoms with Crippen LogP contribution in [0.1, 0.15) is 36.1 Å². The highest BCUT2D eigenvalue weighted by Gasteiger charge is 2.12. The summed E-state index contributed by atoms with van der Waals surface area (Å²) in [5.41, 5.74) is 6.77. The Morgan fingerprint density at radius 1 is 1.19 bits per heavy atom. The highest BCUT2D eigenvalue weighted by atomic mass is 35.5. The number of hydrogen-bond donors (Lipinski definition) is 2. The lowest BCUT2D eigenvalue weighted by Crippen LogP contribution is -2.14. The van der Waals surface area contributed by atoms with Crippen LogP contribution < -0.4 is 10.2 Å². The molecular formula is C22H24ClNO3. The van der Waals surface area contributed by atoms with Gasteiger partial charge >= 0.3 is 0 Å². The van der Waals surface area contributed by atoms with Crippen molar-refractivity contribution in [2.45, 2.75) is 33.8 Å². The number of benzene rings is 2. The molecule has 0 spiro atoms. The minimum atomic E-state index is -0.593. The molecule has 0 radical (unpaired) electrons. The number of nitrogens with one attached hydrogen (secondary N) is 1. The molecule has 2 aromatic carbocycles. The zero-order valence-corrected chi connectivity index (χ0v) is 16.5. The van der Waals surface area contributed by atoms with Gasteiger partial charge in [0.1, 0.15) is 12.4 Å². The zero-order valence-electron chi connectivity index (χ0n) is 15.8. The third-order valence-corrected chi connectivity index (χ3v) is 4.31. The molecule has 4 nitrogen and oxygen atoms in total.